The summed E-state index contributed by atoms with van der Waals surface area (Å²) in [5, 5.41) is 0.794. The van der Waals surface area contributed by atoms with E-state index in [9.17, 15) is 9.59 Å². The Hall–Kier alpha value is -2.68. The van der Waals surface area contributed by atoms with Gasteiger partial charge in [0.1, 0.15) is 0 Å². The largest absolute Gasteiger partial charge is 0.360 e. The van der Waals surface area contributed by atoms with Gasteiger partial charge in [0, 0.05) is 23.5 Å². The number of rotatable bonds is 4. The molecule has 0 aliphatic carbocycles. The van der Waals surface area contributed by atoms with Crippen molar-refractivity contribution in [1.82, 2.24) is 4.98 Å². The Morgan fingerprint density at radius 1 is 0.957 bits per heavy atom. The smallest absolute Gasteiger partial charge is 0.231 e. The highest BCUT2D eigenvalue weighted by Crippen LogP contribution is 2.20. The molecule has 0 atom stereocenters. The number of H-pyrrole nitrogens is 1. The van der Waals surface area contributed by atoms with Crippen LogP contribution in [-0.4, -0.2) is 16.6 Å². The zero-order valence-electron chi connectivity index (χ0n) is 13.6. The molecule has 1 aromatic heterocycles. The number of hydrogen-bond donors (Lipinski definition) is 1. The summed E-state index contributed by atoms with van der Waals surface area (Å²) in [5.41, 5.74) is 5.62. The Morgan fingerprint density at radius 2 is 1.65 bits per heavy atom. The molecule has 116 valence electrons. The number of hydrogen-bond acceptors (Lipinski definition) is 2. The molecule has 0 saturated heterocycles. The molecule has 0 saturated carbocycles. The monoisotopic (exact) mass is 305 g/mol. The Kier molecular flexibility index (Phi) is 3.87. The summed E-state index contributed by atoms with van der Waals surface area (Å²) in [6.07, 6.45) is 1.77. The third-order valence-electron chi connectivity index (χ3n) is 4.39. The zero-order valence-corrected chi connectivity index (χ0v) is 13.6. The van der Waals surface area contributed by atoms with Crippen LogP contribution in [0.3, 0.4) is 0 Å². The molecule has 3 heteroatoms. The van der Waals surface area contributed by atoms with Gasteiger partial charge >= 0.3 is 0 Å². The van der Waals surface area contributed by atoms with Gasteiger partial charge in [-0.3, -0.25) is 9.59 Å². The van der Waals surface area contributed by atoms with Crippen molar-refractivity contribution in [2.24, 2.45) is 0 Å². The third kappa shape index (κ3) is 2.82. The van der Waals surface area contributed by atoms with Gasteiger partial charge in [-0.2, -0.15) is 0 Å². The minimum atomic E-state index is -0.430. The molecule has 3 rings (SSSR count). The molecule has 23 heavy (non-hydrogen) atoms. The molecule has 1 heterocycles. The number of nitrogens with one attached hydrogen (secondary N) is 1. The van der Waals surface area contributed by atoms with Gasteiger partial charge in [-0.25, -0.2) is 0 Å². The van der Waals surface area contributed by atoms with E-state index in [1.165, 1.54) is 5.56 Å². The van der Waals surface area contributed by atoms with Gasteiger partial charge in [-0.05, 0) is 49.1 Å². The van der Waals surface area contributed by atoms with Gasteiger partial charge in [0.25, 0.3) is 0 Å². The van der Waals surface area contributed by atoms with E-state index >= 15 is 0 Å². The molecule has 2 aromatic carbocycles. The van der Waals surface area contributed by atoms with Crippen molar-refractivity contribution in [2.45, 2.75) is 27.2 Å². The molecule has 0 bridgehead atoms. The molecule has 0 fully saturated rings. The maximum atomic E-state index is 12.5. The van der Waals surface area contributed by atoms with Gasteiger partial charge < -0.3 is 4.98 Å². The SMILES string of the molecule is Cc1cc(C)c(CC(=O)C(=O)c2c[nH]c3ccccc23)cc1C. The molecule has 3 nitrogen and oxygen atoms in total. The molecule has 0 amide bonds. The summed E-state index contributed by atoms with van der Waals surface area (Å²) in [6, 6.07) is 11.6. The van der Waals surface area contributed by atoms with Crippen molar-refractivity contribution in [1.29, 1.82) is 0 Å². The van der Waals surface area contributed by atoms with E-state index in [-0.39, 0.29) is 12.2 Å². The average Bonchev–Trinajstić information content (AvgIpc) is 2.95. The highest BCUT2D eigenvalue weighted by atomic mass is 16.2. The van der Waals surface area contributed by atoms with Gasteiger partial charge in [0.2, 0.25) is 11.6 Å². The molecule has 0 spiro atoms. The number of benzene rings is 2. The van der Waals surface area contributed by atoms with Crippen LogP contribution in [0.5, 0.6) is 0 Å². The highest BCUT2D eigenvalue weighted by Gasteiger charge is 2.20. The maximum Gasteiger partial charge on any atom is 0.231 e. The van der Waals surface area contributed by atoms with Crippen molar-refractivity contribution in [3.63, 3.8) is 0 Å². The fourth-order valence-electron chi connectivity index (χ4n) is 2.87. The summed E-state index contributed by atoms with van der Waals surface area (Å²) in [4.78, 5) is 28.0. The van der Waals surface area contributed by atoms with Gasteiger partial charge in [0.15, 0.2) is 0 Å². The van der Waals surface area contributed by atoms with E-state index in [1.54, 1.807) is 6.20 Å². The second-order valence-electron chi connectivity index (χ2n) is 6.04. The lowest BCUT2D eigenvalue weighted by Crippen LogP contribution is -2.17. The minimum absolute atomic E-state index is 0.144. The fraction of sp³-hybridized carbons (Fsp3) is 0.200. The number of carbonyl (C=O) groups is 2. The van der Waals surface area contributed by atoms with Crippen LogP contribution in [0.1, 0.15) is 32.6 Å². The van der Waals surface area contributed by atoms with E-state index in [2.05, 4.69) is 11.1 Å². The Labute approximate surface area is 135 Å². The predicted octanol–water partition coefficient (Wildman–Crippen LogP) is 4.09. The predicted molar refractivity (Wildman–Crippen MR) is 92.0 cm³/mol. The van der Waals surface area contributed by atoms with Crippen LogP contribution >= 0.6 is 0 Å². The normalized spacial score (nSPS) is 10.9. The topological polar surface area (TPSA) is 49.9 Å². The summed E-state index contributed by atoms with van der Waals surface area (Å²) in [5.74, 6) is -0.804. The molecule has 0 radical (unpaired) electrons. The Bertz CT molecular complexity index is 919. The fourth-order valence-corrected chi connectivity index (χ4v) is 2.87. The first-order valence-electron chi connectivity index (χ1n) is 7.67. The minimum Gasteiger partial charge on any atom is -0.360 e. The number of aromatic nitrogens is 1. The highest BCUT2D eigenvalue weighted by molar-refractivity contribution is 6.46. The number of carbonyl (C=O) groups excluding carboxylic acids is 2. The van der Waals surface area contributed by atoms with Crippen LogP contribution in [0.15, 0.2) is 42.6 Å². The Morgan fingerprint density at radius 3 is 2.43 bits per heavy atom. The standard InChI is InChI=1S/C20H19NO2/c1-12-8-14(3)15(9-13(12)2)10-19(22)20(23)17-11-21-18-7-5-4-6-16(17)18/h4-9,11,21H,10H2,1-3H3. The second kappa shape index (κ2) is 5.84. The first-order chi connectivity index (χ1) is 11.0. The molecule has 0 aliphatic rings. The molecule has 0 unspecified atom stereocenters. The summed E-state index contributed by atoms with van der Waals surface area (Å²) in [6.45, 7) is 6.04. The molecule has 0 aliphatic heterocycles. The quantitative estimate of drug-likeness (QED) is 0.583. The van der Waals surface area contributed by atoms with Crippen LogP contribution < -0.4 is 0 Å². The van der Waals surface area contributed by atoms with Crippen LogP contribution in [-0.2, 0) is 11.2 Å². The van der Waals surface area contributed by atoms with Crippen LogP contribution in [0, 0.1) is 20.8 Å². The van der Waals surface area contributed by atoms with E-state index in [0.717, 1.165) is 27.6 Å². The first-order valence-corrected chi connectivity index (χ1v) is 7.67. The van der Waals surface area contributed by atoms with E-state index in [4.69, 9.17) is 0 Å². The molecule has 1 N–H and O–H groups in total. The maximum absolute atomic E-state index is 12.5. The van der Waals surface area contributed by atoms with E-state index in [0.29, 0.717) is 5.56 Å². The number of aromatic amines is 1. The average molecular weight is 305 g/mol. The molecular formula is C20H19NO2. The van der Waals surface area contributed by atoms with Crippen molar-refractivity contribution in [2.75, 3.05) is 0 Å². The summed E-state index contributed by atoms with van der Waals surface area (Å²) >= 11 is 0. The van der Waals surface area contributed by atoms with Gasteiger partial charge in [-0.1, -0.05) is 30.3 Å². The third-order valence-corrected chi connectivity index (χ3v) is 4.39. The van der Waals surface area contributed by atoms with Crippen LogP contribution in [0.2, 0.25) is 0 Å². The van der Waals surface area contributed by atoms with Crippen LogP contribution in [0.25, 0.3) is 10.9 Å². The molecular weight excluding hydrogens is 286 g/mol. The van der Waals surface area contributed by atoms with Gasteiger partial charge in [0.05, 0.1) is 5.56 Å². The van der Waals surface area contributed by atoms with E-state index in [1.807, 2.05) is 51.1 Å². The lowest BCUT2D eigenvalue weighted by Gasteiger charge is -2.09. The second-order valence-corrected chi connectivity index (χ2v) is 6.04. The Balaban J connectivity index is 1.89. The number of para-hydroxylation sites is 1. The van der Waals surface area contributed by atoms with Crippen molar-refractivity contribution < 1.29 is 9.59 Å². The molecule has 3 aromatic rings. The summed E-state index contributed by atoms with van der Waals surface area (Å²) in [7, 11) is 0. The summed E-state index contributed by atoms with van der Waals surface area (Å²) < 4.78 is 0. The van der Waals surface area contributed by atoms with E-state index < -0.39 is 5.78 Å². The lowest BCUT2D eigenvalue weighted by molar-refractivity contribution is -0.114. The van der Waals surface area contributed by atoms with Gasteiger partial charge in [-0.15, -0.1) is 0 Å². The van der Waals surface area contributed by atoms with Crippen molar-refractivity contribution in [3.05, 3.63) is 70.4 Å². The lowest BCUT2D eigenvalue weighted by atomic mass is 9.95. The number of aryl methyl sites for hydroxylation is 3. The number of fused-ring (bicyclic) bond motifs is 1. The van der Waals surface area contributed by atoms with Crippen molar-refractivity contribution >= 4 is 22.5 Å². The first kappa shape index (κ1) is 15.2. The zero-order chi connectivity index (χ0) is 16.6. The number of ketones is 2. The van der Waals surface area contributed by atoms with Crippen molar-refractivity contribution in [3.8, 4) is 0 Å². The number of Topliss-reactive ketones (excluding diaryl/α,β-unsaturated/α-hetero) is 2. The van der Waals surface area contributed by atoms with Crippen LogP contribution in [0.4, 0.5) is 0 Å².